The maximum absolute atomic E-state index is 11.6. The minimum atomic E-state index is -1.19. The monoisotopic (exact) mass is 367 g/mol. The van der Waals surface area contributed by atoms with Crippen molar-refractivity contribution in [1.29, 1.82) is 5.26 Å². The molecule has 2 aromatic carbocycles. The zero-order valence-electron chi connectivity index (χ0n) is 15.3. The molecule has 1 aliphatic rings. The Balaban J connectivity index is 1.70. The number of fused-ring (bicyclic) bond motifs is 1. The second-order valence-corrected chi connectivity index (χ2v) is 6.58. The molecule has 0 saturated carbocycles. The molecular formula is C21H21NO5. The summed E-state index contributed by atoms with van der Waals surface area (Å²) in [5.41, 5.74) is 2.12. The summed E-state index contributed by atoms with van der Waals surface area (Å²) in [5, 5.41) is 19.3. The summed E-state index contributed by atoms with van der Waals surface area (Å²) < 4.78 is 16.9. The summed E-state index contributed by atoms with van der Waals surface area (Å²) in [4.78, 5) is 11.6. The summed E-state index contributed by atoms with van der Waals surface area (Å²) in [5.74, 6) is -0.513. The number of benzene rings is 2. The molecule has 2 unspecified atom stereocenters. The van der Waals surface area contributed by atoms with Crippen LogP contribution in [0.1, 0.15) is 49.5 Å². The number of carbonyl (C=O) groups is 1. The van der Waals surface area contributed by atoms with Gasteiger partial charge in [-0.1, -0.05) is 19.1 Å². The predicted octanol–water partition coefficient (Wildman–Crippen LogP) is 3.62. The van der Waals surface area contributed by atoms with Crippen LogP contribution in [0.3, 0.4) is 0 Å². The van der Waals surface area contributed by atoms with E-state index in [2.05, 4.69) is 6.07 Å². The van der Waals surface area contributed by atoms with Crippen LogP contribution in [0.4, 0.5) is 0 Å². The van der Waals surface area contributed by atoms with E-state index in [0.29, 0.717) is 29.2 Å². The van der Waals surface area contributed by atoms with Gasteiger partial charge in [0.05, 0.1) is 24.2 Å². The maximum atomic E-state index is 11.6. The summed E-state index contributed by atoms with van der Waals surface area (Å²) in [6.07, 6.45) is -0.448. The molecule has 140 valence electrons. The molecule has 0 spiro atoms. The van der Waals surface area contributed by atoms with E-state index in [4.69, 9.17) is 19.5 Å². The standard InChI is InChI=1S/C21H21NO5/c1-3-20(24)27-21(2)11-18(23)17-10-16(8-9-19(17)26-21)25-13-15-6-4-14(12-22)5-7-15/h4-10,18,23H,3,11,13H2,1-2H3. The van der Waals surface area contributed by atoms with Crippen LogP contribution in [0, 0.1) is 11.3 Å². The Morgan fingerprint density at radius 1 is 1.33 bits per heavy atom. The lowest BCUT2D eigenvalue weighted by atomic mass is 9.97. The molecule has 2 atom stereocenters. The van der Waals surface area contributed by atoms with Gasteiger partial charge in [0.25, 0.3) is 5.79 Å². The van der Waals surface area contributed by atoms with E-state index >= 15 is 0 Å². The summed E-state index contributed by atoms with van der Waals surface area (Å²) in [7, 11) is 0. The Hall–Kier alpha value is -3.04. The maximum Gasteiger partial charge on any atom is 0.308 e. The van der Waals surface area contributed by atoms with Crippen molar-refractivity contribution in [3.63, 3.8) is 0 Å². The summed E-state index contributed by atoms with van der Waals surface area (Å²) in [6.45, 7) is 3.69. The molecule has 27 heavy (non-hydrogen) atoms. The van der Waals surface area contributed by atoms with Gasteiger partial charge in [0.1, 0.15) is 18.1 Å². The number of aliphatic hydroxyl groups is 1. The van der Waals surface area contributed by atoms with E-state index in [1.807, 2.05) is 12.1 Å². The van der Waals surface area contributed by atoms with E-state index in [1.165, 1.54) is 0 Å². The fourth-order valence-electron chi connectivity index (χ4n) is 2.92. The third-order valence-corrected chi connectivity index (χ3v) is 4.34. The third-order valence-electron chi connectivity index (χ3n) is 4.34. The van der Waals surface area contributed by atoms with Gasteiger partial charge < -0.3 is 19.3 Å². The van der Waals surface area contributed by atoms with Gasteiger partial charge in [-0.25, -0.2) is 0 Å². The quantitative estimate of drug-likeness (QED) is 0.812. The van der Waals surface area contributed by atoms with Gasteiger partial charge in [-0.3, -0.25) is 4.79 Å². The number of carbonyl (C=O) groups excluding carboxylic acids is 1. The van der Waals surface area contributed by atoms with Crippen molar-refractivity contribution < 1.29 is 24.1 Å². The molecule has 0 amide bonds. The Labute approximate surface area is 157 Å². The highest BCUT2D eigenvalue weighted by Gasteiger charge is 2.39. The topological polar surface area (TPSA) is 88.8 Å². The van der Waals surface area contributed by atoms with Gasteiger partial charge in [-0.05, 0) is 35.9 Å². The molecule has 1 heterocycles. The van der Waals surface area contributed by atoms with Crippen molar-refractivity contribution in [3.05, 3.63) is 59.2 Å². The summed E-state index contributed by atoms with van der Waals surface area (Å²) in [6, 6.07) is 14.4. The van der Waals surface area contributed by atoms with E-state index in [1.54, 1.807) is 44.2 Å². The van der Waals surface area contributed by atoms with Gasteiger partial charge in [-0.15, -0.1) is 0 Å². The minimum absolute atomic E-state index is 0.144. The fraction of sp³-hybridized carbons (Fsp3) is 0.333. The molecule has 1 N–H and O–H groups in total. The normalized spacial score (nSPS) is 20.7. The van der Waals surface area contributed by atoms with Crippen LogP contribution in [-0.2, 0) is 16.1 Å². The highest BCUT2D eigenvalue weighted by molar-refractivity contribution is 5.69. The van der Waals surface area contributed by atoms with Crippen LogP contribution >= 0.6 is 0 Å². The van der Waals surface area contributed by atoms with E-state index in [0.717, 1.165) is 5.56 Å². The van der Waals surface area contributed by atoms with Gasteiger partial charge in [0.2, 0.25) is 0 Å². The average molecular weight is 367 g/mol. The first-order chi connectivity index (χ1) is 12.9. The Morgan fingerprint density at radius 2 is 2.07 bits per heavy atom. The van der Waals surface area contributed by atoms with Crippen molar-refractivity contribution >= 4 is 5.97 Å². The van der Waals surface area contributed by atoms with Crippen LogP contribution in [0.2, 0.25) is 0 Å². The number of ether oxygens (including phenoxy) is 3. The molecule has 0 aromatic heterocycles. The second kappa shape index (κ2) is 7.68. The first kappa shape index (κ1) is 18.7. The smallest absolute Gasteiger partial charge is 0.308 e. The van der Waals surface area contributed by atoms with E-state index < -0.39 is 11.9 Å². The molecule has 0 bridgehead atoms. The number of esters is 1. The Morgan fingerprint density at radius 3 is 2.74 bits per heavy atom. The minimum Gasteiger partial charge on any atom is -0.489 e. The average Bonchev–Trinajstić information content (AvgIpc) is 2.66. The van der Waals surface area contributed by atoms with Gasteiger partial charge >= 0.3 is 5.97 Å². The lowest BCUT2D eigenvalue weighted by Crippen LogP contribution is -2.42. The van der Waals surface area contributed by atoms with E-state index in [-0.39, 0.29) is 18.8 Å². The third kappa shape index (κ3) is 4.39. The first-order valence-electron chi connectivity index (χ1n) is 8.77. The van der Waals surface area contributed by atoms with Crippen LogP contribution in [0.15, 0.2) is 42.5 Å². The Kier molecular flexibility index (Phi) is 5.33. The van der Waals surface area contributed by atoms with Crippen molar-refractivity contribution in [2.75, 3.05) is 0 Å². The van der Waals surface area contributed by atoms with Crippen LogP contribution in [0.25, 0.3) is 0 Å². The van der Waals surface area contributed by atoms with Gasteiger partial charge in [0, 0.05) is 18.9 Å². The van der Waals surface area contributed by atoms with Gasteiger partial charge in [-0.2, -0.15) is 5.26 Å². The Bertz CT molecular complexity index is 871. The zero-order valence-corrected chi connectivity index (χ0v) is 15.3. The molecule has 6 heteroatoms. The first-order valence-corrected chi connectivity index (χ1v) is 8.77. The molecule has 1 aliphatic heterocycles. The SMILES string of the molecule is CCC(=O)OC1(C)CC(O)c2cc(OCc3ccc(C#N)cc3)ccc2O1. The van der Waals surface area contributed by atoms with Crippen molar-refractivity contribution in [1.82, 2.24) is 0 Å². The van der Waals surface area contributed by atoms with Crippen LogP contribution < -0.4 is 9.47 Å². The molecule has 0 saturated heterocycles. The van der Waals surface area contributed by atoms with Crippen LogP contribution in [0.5, 0.6) is 11.5 Å². The van der Waals surface area contributed by atoms with Gasteiger partial charge in [0.15, 0.2) is 0 Å². The lowest BCUT2D eigenvalue weighted by Gasteiger charge is -2.37. The van der Waals surface area contributed by atoms with Crippen molar-refractivity contribution in [2.24, 2.45) is 0 Å². The summed E-state index contributed by atoms with van der Waals surface area (Å²) >= 11 is 0. The molecule has 0 fully saturated rings. The van der Waals surface area contributed by atoms with Crippen molar-refractivity contribution in [3.8, 4) is 17.6 Å². The molecule has 0 aliphatic carbocycles. The predicted molar refractivity (Wildman–Crippen MR) is 96.9 cm³/mol. The van der Waals surface area contributed by atoms with E-state index in [9.17, 15) is 9.90 Å². The number of hydrogen-bond acceptors (Lipinski definition) is 6. The number of aliphatic hydroxyl groups excluding tert-OH is 1. The molecule has 0 radical (unpaired) electrons. The molecule has 2 aromatic rings. The molecular weight excluding hydrogens is 346 g/mol. The fourth-order valence-corrected chi connectivity index (χ4v) is 2.92. The number of nitrogens with zero attached hydrogens (tertiary/aromatic N) is 1. The highest BCUT2D eigenvalue weighted by atomic mass is 16.7. The molecule has 6 nitrogen and oxygen atoms in total. The molecule has 3 rings (SSSR count). The zero-order chi connectivity index (χ0) is 19.4. The number of hydrogen-bond donors (Lipinski definition) is 1. The van der Waals surface area contributed by atoms with Crippen LogP contribution in [-0.4, -0.2) is 16.9 Å². The largest absolute Gasteiger partial charge is 0.489 e. The number of rotatable bonds is 5. The lowest BCUT2D eigenvalue weighted by molar-refractivity contribution is -0.206. The number of nitriles is 1. The second-order valence-electron chi connectivity index (χ2n) is 6.58. The van der Waals surface area contributed by atoms with Crippen molar-refractivity contribution in [2.45, 2.75) is 45.2 Å². The highest BCUT2D eigenvalue weighted by Crippen LogP contribution is 2.41.